The molecular formula is C16H34O8. The number of hydrogen-bond donors (Lipinski definition) is 8. The molecule has 0 aliphatic rings. The second kappa shape index (κ2) is 13.0. The van der Waals surface area contributed by atoms with Crippen molar-refractivity contribution in [1.82, 2.24) is 0 Å². The molecule has 0 aromatic carbocycles. The molecule has 0 aromatic heterocycles. The fraction of sp³-hybridized carbons (Fsp3) is 1.00. The minimum Gasteiger partial charge on any atom is -0.396 e. The summed E-state index contributed by atoms with van der Waals surface area (Å²) in [6.45, 7) is -0.973. The molecule has 0 rings (SSSR count). The molecule has 0 aromatic rings. The summed E-state index contributed by atoms with van der Waals surface area (Å²) in [4.78, 5) is 0. The third kappa shape index (κ3) is 9.24. The van der Waals surface area contributed by atoms with Crippen molar-refractivity contribution in [1.29, 1.82) is 0 Å². The topological polar surface area (TPSA) is 162 Å². The molecule has 4 unspecified atom stereocenters. The van der Waals surface area contributed by atoms with E-state index in [1.54, 1.807) is 0 Å². The molecular weight excluding hydrogens is 320 g/mol. The van der Waals surface area contributed by atoms with Crippen LogP contribution in [0.4, 0.5) is 0 Å². The lowest BCUT2D eigenvalue weighted by Crippen LogP contribution is -2.46. The normalized spacial score (nSPS) is 19.5. The predicted molar refractivity (Wildman–Crippen MR) is 87.1 cm³/mol. The van der Waals surface area contributed by atoms with Gasteiger partial charge in [-0.15, -0.1) is 0 Å². The molecule has 0 aliphatic carbocycles. The molecule has 0 bridgehead atoms. The van der Waals surface area contributed by atoms with Crippen molar-refractivity contribution < 1.29 is 40.9 Å². The standard InChI is InChI=1S/C16H34O8/c17-5-1-12(9-13(21)2-6-18)16(24,10-14(22)3-7-19)11-15(23)4-8-20/h12-15,17-24H,1-11H2. The van der Waals surface area contributed by atoms with Gasteiger partial charge in [0.2, 0.25) is 0 Å². The highest BCUT2D eigenvalue weighted by Gasteiger charge is 2.40. The third-order valence-corrected chi connectivity index (χ3v) is 4.36. The Morgan fingerprint density at radius 2 is 0.958 bits per heavy atom. The maximum absolute atomic E-state index is 11.0. The summed E-state index contributed by atoms with van der Waals surface area (Å²) in [5.41, 5.74) is -1.58. The largest absolute Gasteiger partial charge is 0.396 e. The van der Waals surface area contributed by atoms with Crippen molar-refractivity contribution >= 4 is 0 Å². The predicted octanol–water partition coefficient (Wildman–Crippen LogP) is -1.88. The van der Waals surface area contributed by atoms with E-state index >= 15 is 0 Å². The van der Waals surface area contributed by atoms with Crippen LogP contribution < -0.4 is 0 Å². The Morgan fingerprint density at radius 3 is 1.33 bits per heavy atom. The zero-order chi connectivity index (χ0) is 18.6. The van der Waals surface area contributed by atoms with Crippen molar-refractivity contribution in [3.05, 3.63) is 0 Å². The van der Waals surface area contributed by atoms with Gasteiger partial charge in [0.25, 0.3) is 0 Å². The van der Waals surface area contributed by atoms with Crippen LogP contribution in [0, 0.1) is 5.92 Å². The second-order valence-corrected chi connectivity index (χ2v) is 6.46. The lowest BCUT2D eigenvalue weighted by atomic mass is 9.73. The molecule has 0 heterocycles. The number of aliphatic hydroxyl groups is 8. The summed E-state index contributed by atoms with van der Waals surface area (Å²) < 4.78 is 0. The average molecular weight is 354 g/mol. The van der Waals surface area contributed by atoms with Gasteiger partial charge in [-0.2, -0.15) is 0 Å². The van der Waals surface area contributed by atoms with E-state index in [0.717, 1.165) is 0 Å². The average Bonchev–Trinajstić information content (AvgIpc) is 2.47. The molecule has 0 amide bonds. The van der Waals surface area contributed by atoms with Crippen LogP contribution in [0.5, 0.6) is 0 Å². The number of rotatable bonds is 15. The van der Waals surface area contributed by atoms with Crippen molar-refractivity contribution in [2.24, 2.45) is 5.92 Å². The monoisotopic (exact) mass is 354 g/mol. The molecule has 24 heavy (non-hydrogen) atoms. The molecule has 0 saturated heterocycles. The van der Waals surface area contributed by atoms with E-state index in [4.69, 9.17) is 15.3 Å². The van der Waals surface area contributed by atoms with Gasteiger partial charge < -0.3 is 40.9 Å². The summed E-state index contributed by atoms with van der Waals surface area (Å²) in [5.74, 6) is -0.620. The van der Waals surface area contributed by atoms with Crippen LogP contribution in [0.2, 0.25) is 0 Å². The molecule has 0 radical (unpaired) electrons. The quantitative estimate of drug-likeness (QED) is 0.169. The molecule has 0 saturated carbocycles. The Hall–Kier alpha value is -0.320. The highest BCUT2D eigenvalue weighted by molar-refractivity contribution is 4.92. The molecule has 0 spiro atoms. The Balaban J connectivity index is 5.22. The first-order valence-corrected chi connectivity index (χ1v) is 8.52. The number of aliphatic hydroxyl groups excluding tert-OH is 7. The van der Waals surface area contributed by atoms with E-state index in [9.17, 15) is 25.5 Å². The van der Waals surface area contributed by atoms with Gasteiger partial charge in [0.05, 0.1) is 23.9 Å². The molecule has 8 heteroatoms. The minimum atomic E-state index is -1.58. The molecule has 4 atom stereocenters. The Bertz CT molecular complexity index is 288. The summed E-state index contributed by atoms with van der Waals surface area (Å²) >= 11 is 0. The van der Waals surface area contributed by atoms with Gasteiger partial charge in [-0.3, -0.25) is 0 Å². The third-order valence-electron chi connectivity index (χ3n) is 4.36. The first-order valence-electron chi connectivity index (χ1n) is 8.52. The van der Waals surface area contributed by atoms with E-state index in [1.165, 1.54) is 0 Å². The lowest BCUT2D eigenvalue weighted by Gasteiger charge is -2.40. The number of hydrogen-bond acceptors (Lipinski definition) is 8. The summed E-state index contributed by atoms with van der Waals surface area (Å²) in [6, 6.07) is 0. The highest BCUT2D eigenvalue weighted by atomic mass is 16.3. The molecule has 0 aliphatic heterocycles. The van der Waals surface area contributed by atoms with Gasteiger partial charge in [0.15, 0.2) is 0 Å². The van der Waals surface area contributed by atoms with Crippen LogP contribution in [0.1, 0.15) is 44.9 Å². The summed E-state index contributed by atoms with van der Waals surface area (Å²) in [5, 5.41) is 76.9. The van der Waals surface area contributed by atoms with E-state index in [0.29, 0.717) is 0 Å². The first kappa shape index (κ1) is 23.7. The molecule has 8 N–H and O–H groups in total. The van der Waals surface area contributed by atoms with Gasteiger partial charge in [0.1, 0.15) is 0 Å². The van der Waals surface area contributed by atoms with Gasteiger partial charge in [-0.1, -0.05) is 0 Å². The van der Waals surface area contributed by atoms with Gasteiger partial charge in [0, 0.05) is 39.3 Å². The van der Waals surface area contributed by atoms with E-state index in [-0.39, 0.29) is 71.4 Å². The van der Waals surface area contributed by atoms with Gasteiger partial charge in [-0.25, -0.2) is 0 Å². The van der Waals surface area contributed by atoms with Gasteiger partial charge >= 0.3 is 0 Å². The maximum atomic E-state index is 11.0. The van der Waals surface area contributed by atoms with E-state index in [2.05, 4.69) is 0 Å². The lowest BCUT2D eigenvalue weighted by molar-refractivity contribution is -0.105. The van der Waals surface area contributed by atoms with Crippen LogP contribution in [0.25, 0.3) is 0 Å². The maximum Gasteiger partial charge on any atom is 0.0726 e. The van der Waals surface area contributed by atoms with Gasteiger partial charge in [-0.05, 0) is 38.0 Å². The van der Waals surface area contributed by atoms with Crippen LogP contribution >= 0.6 is 0 Å². The van der Waals surface area contributed by atoms with Crippen LogP contribution in [-0.4, -0.2) is 91.2 Å². The fourth-order valence-electron chi connectivity index (χ4n) is 3.09. The zero-order valence-corrected chi connectivity index (χ0v) is 14.2. The SMILES string of the molecule is OCCC(O)CC(CCO)C(O)(CC(O)CCO)CC(O)CCO. The van der Waals surface area contributed by atoms with Crippen LogP contribution in [0.15, 0.2) is 0 Å². The molecule has 8 nitrogen and oxygen atoms in total. The van der Waals surface area contributed by atoms with Crippen LogP contribution in [-0.2, 0) is 0 Å². The highest BCUT2D eigenvalue weighted by Crippen LogP contribution is 2.35. The first-order chi connectivity index (χ1) is 11.3. The Morgan fingerprint density at radius 1 is 0.583 bits per heavy atom. The van der Waals surface area contributed by atoms with E-state index < -0.39 is 29.8 Å². The minimum absolute atomic E-state index is 0.0590. The van der Waals surface area contributed by atoms with Crippen molar-refractivity contribution in [3.63, 3.8) is 0 Å². The van der Waals surface area contributed by atoms with Crippen LogP contribution in [0.3, 0.4) is 0 Å². The zero-order valence-electron chi connectivity index (χ0n) is 14.2. The summed E-state index contributed by atoms with van der Waals surface area (Å²) in [6.07, 6.45) is -2.67. The fourth-order valence-corrected chi connectivity index (χ4v) is 3.09. The molecule has 0 fully saturated rings. The van der Waals surface area contributed by atoms with E-state index in [1.807, 2.05) is 0 Å². The second-order valence-electron chi connectivity index (χ2n) is 6.46. The summed E-state index contributed by atoms with van der Waals surface area (Å²) in [7, 11) is 0. The smallest absolute Gasteiger partial charge is 0.0726 e. The Kier molecular flexibility index (Phi) is 12.8. The van der Waals surface area contributed by atoms with Crippen molar-refractivity contribution in [2.45, 2.75) is 68.9 Å². The molecule has 146 valence electrons. The Labute approximate surface area is 143 Å². The van der Waals surface area contributed by atoms with Crippen molar-refractivity contribution in [3.8, 4) is 0 Å². The van der Waals surface area contributed by atoms with Crippen molar-refractivity contribution in [2.75, 3.05) is 26.4 Å².